The Morgan fingerprint density at radius 1 is 0.387 bits per heavy atom. The summed E-state index contributed by atoms with van der Waals surface area (Å²) < 4.78 is 251. The predicted molar refractivity (Wildman–Crippen MR) is 521 cm³/mol. The second kappa shape index (κ2) is 52.2. The van der Waals surface area contributed by atoms with Crippen LogP contribution < -0.4 is 45.0 Å². The van der Waals surface area contributed by atoms with E-state index in [1.807, 2.05) is 6.92 Å². The Balaban J connectivity index is 0.000000167. The number of nitrogens with one attached hydrogen (secondary N) is 4. The maximum atomic E-state index is 15.6. The number of alkyl halides is 16. The zero-order valence-corrected chi connectivity index (χ0v) is 86.6. The molecule has 4 aliphatic carbocycles. The normalized spacial score (nSPS) is 23.5. The van der Waals surface area contributed by atoms with Gasteiger partial charge in [-0.25, -0.2) is 47.5 Å². The standard InChI is InChI=1S/C27H35F4N5O3.C26H34F4N4O3.C25H33F4N5O3.C25H33F4N5O2S/c1-18-15-33-25(16-32-18)38-17-23(37)34-21-5-9-26(28,10-6-21)11-14-36-12-7-20-3-4-24(35-22(20)8-13-36)39-19(2)27(29,30)31;1-17(26(28,29)30)36-24-4-3-19-7-12-34(13-8-22(19)33-24)14-11-25(27)9-5-20(6-10-25)32-23(35)15-21-16-31-18(2)37-21;1-16(25(27,28)29)36-23-4-3-18-7-12-34(13-8-20(18)32-23)14-11-24(26)9-5-19(6-10-24)31-22(35)15-21-30-17(2)37-33-21;1-16(25(27,28)29)36-22-4-3-18-7-12-34(13-8-20(18)31-22)14-11-24(26)9-5-19(6-10-24)30-21(35)15-23-33-32-17(2)37-23/h3-4,15-16,19,21H,5-14,17H2,1-2H3,(H,34,37);3-4,16-17,20H,5-15H2,1-2H3,(H,32,35);3-4,16,19H,5-15H2,1-2H3,(H,31,35);3-4,16,19H,5-15H2,1-2H3,(H,30,35). The molecule has 8 aliphatic rings. The van der Waals surface area contributed by atoms with Crippen LogP contribution in [0.15, 0.2) is 76.1 Å². The third-order valence-electron chi connectivity index (χ3n) is 29.0. The molecule has 0 bridgehead atoms. The van der Waals surface area contributed by atoms with Crippen molar-refractivity contribution in [1.82, 2.24) is 96.1 Å². The number of pyridine rings is 4. The first kappa shape index (κ1) is 116. The molecule has 4 fully saturated rings. The van der Waals surface area contributed by atoms with E-state index in [-0.39, 0.29) is 103 Å². The van der Waals surface area contributed by atoms with Crippen molar-refractivity contribution in [2.75, 3.05) is 85.1 Å². The molecule has 0 saturated heterocycles. The molecule has 8 aromatic rings. The van der Waals surface area contributed by atoms with Gasteiger partial charge in [-0.2, -0.15) is 57.7 Å². The minimum absolute atomic E-state index is 0.0259. The van der Waals surface area contributed by atoms with Crippen LogP contribution in [0.2, 0.25) is 0 Å². The second-order valence-corrected chi connectivity index (χ2v) is 41.9. The summed E-state index contributed by atoms with van der Waals surface area (Å²) in [6.07, 6.45) is -6.13. The maximum Gasteiger partial charge on any atom is 0.425 e. The Morgan fingerprint density at radius 3 is 0.993 bits per heavy atom. The van der Waals surface area contributed by atoms with Crippen LogP contribution in [-0.4, -0.2) is 280 Å². The highest BCUT2D eigenvalue weighted by atomic mass is 32.1. The zero-order valence-electron chi connectivity index (χ0n) is 85.7. The van der Waals surface area contributed by atoms with Crippen LogP contribution in [0.3, 0.4) is 0 Å². The molecule has 4 saturated carbocycles. The van der Waals surface area contributed by atoms with Gasteiger partial charge in [-0.1, -0.05) is 29.4 Å². The fraction of sp³-hybridized carbons (Fsp3) is 0.660. The van der Waals surface area contributed by atoms with Gasteiger partial charge >= 0.3 is 24.7 Å². The number of aryl methyl sites for hydroxylation is 4. The molecule has 0 aromatic carbocycles. The molecule has 4 atom stereocenters. The SMILES string of the molecule is Cc1cnc(OCC(=O)NC2CCC(F)(CCN3CCc4ccc(OC(C)C(F)(F)F)nc4CC3)CC2)cn1.Cc1nc(CC(=O)NC2CCC(F)(CCN3CCc4ccc(OC(C)C(F)(F)F)nc4CC3)CC2)no1.Cc1ncc(CC(=O)NC2CCC(F)(CCN3CCc4ccc(OC(C)C(F)(F)F)nc4CC3)CC2)o1.Cc1nnc(CC(=O)NC2CCC(F)(CCN3CCc4ccc(OC(C)C(F)(F)F)nc4CC3)CC2)s1. The zero-order chi connectivity index (χ0) is 108. The summed E-state index contributed by atoms with van der Waals surface area (Å²) in [6.45, 7) is 18.7. The Morgan fingerprint density at radius 2 is 0.707 bits per heavy atom. The van der Waals surface area contributed by atoms with Crippen molar-refractivity contribution in [3.05, 3.63) is 151 Å². The summed E-state index contributed by atoms with van der Waals surface area (Å²) in [7, 11) is 0. The Kier molecular flexibility index (Phi) is 40.5. The van der Waals surface area contributed by atoms with Crippen molar-refractivity contribution >= 4 is 35.0 Å². The fourth-order valence-corrected chi connectivity index (χ4v) is 20.3. The highest BCUT2D eigenvalue weighted by Crippen LogP contribution is 2.42. The van der Waals surface area contributed by atoms with E-state index in [1.165, 1.54) is 41.8 Å². The highest BCUT2D eigenvalue weighted by Gasteiger charge is 2.46. The van der Waals surface area contributed by atoms with Crippen molar-refractivity contribution in [1.29, 1.82) is 0 Å². The molecule has 826 valence electrons. The maximum absolute atomic E-state index is 15.6. The molecule has 0 radical (unpaired) electrons. The number of carbonyl (C=O) groups excluding carboxylic acids is 4. The van der Waals surface area contributed by atoms with Crippen molar-refractivity contribution in [3.8, 4) is 29.4 Å². The van der Waals surface area contributed by atoms with Gasteiger partial charge < -0.3 is 73.5 Å². The van der Waals surface area contributed by atoms with Gasteiger partial charge in [0, 0.05) is 189 Å². The number of hydrogen-bond acceptors (Lipinski definition) is 27. The van der Waals surface area contributed by atoms with Crippen LogP contribution in [0.4, 0.5) is 70.2 Å². The van der Waals surface area contributed by atoms with Crippen LogP contribution in [0.5, 0.6) is 29.4 Å². The molecular weight excluding hydrogens is 2020 g/mol. The topological polar surface area (TPSA) is 344 Å². The molecule has 4 unspecified atom stereocenters. The summed E-state index contributed by atoms with van der Waals surface area (Å²) in [5.41, 5.74) is 2.54. The number of hydrogen-bond donors (Lipinski definition) is 4. The molecule has 150 heavy (non-hydrogen) atoms. The van der Waals surface area contributed by atoms with Crippen molar-refractivity contribution in [3.63, 3.8) is 0 Å². The highest BCUT2D eigenvalue weighted by molar-refractivity contribution is 7.11. The number of carbonyl (C=O) groups is 4. The molecule has 4 N–H and O–H groups in total. The first-order chi connectivity index (χ1) is 71.0. The minimum atomic E-state index is -4.45. The van der Waals surface area contributed by atoms with Crippen molar-refractivity contribution in [2.45, 2.75) is 350 Å². The number of aromatic nitrogens is 11. The molecule has 8 aromatic heterocycles. The lowest BCUT2D eigenvalue weighted by Gasteiger charge is -2.35. The molecule has 0 spiro atoms. The van der Waals surface area contributed by atoms with Gasteiger partial charge in [0.05, 0.1) is 43.5 Å². The van der Waals surface area contributed by atoms with Gasteiger partial charge in [0.1, 0.15) is 38.5 Å². The summed E-state index contributed by atoms with van der Waals surface area (Å²) in [5.74, 6) is 1.21. The molecular formula is C103H135F16N19O11S. The van der Waals surface area contributed by atoms with E-state index in [0.29, 0.717) is 261 Å². The van der Waals surface area contributed by atoms with Gasteiger partial charge in [-0.15, -0.1) is 21.5 Å². The molecule has 16 rings (SSSR count). The molecule has 12 heterocycles. The number of halogens is 16. The molecule has 4 aliphatic heterocycles. The van der Waals surface area contributed by atoms with Gasteiger partial charge in [0.15, 0.2) is 42.7 Å². The van der Waals surface area contributed by atoms with Gasteiger partial charge in [0.25, 0.3) is 5.91 Å². The van der Waals surface area contributed by atoms with E-state index in [0.717, 1.165) is 110 Å². The lowest BCUT2D eigenvalue weighted by Crippen LogP contribution is -2.44. The smallest absolute Gasteiger partial charge is 0.425 e. The van der Waals surface area contributed by atoms with Crippen LogP contribution in [0.25, 0.3) is 0 Å². The predicted octanol–water partition coefficient (Wildman–Crippen LogP) is 16.9. The Labute approximate surface area is 865 Å². The monoisotopic (exact) mass is 2150 g/mol. The number of amides is 4. The van der Waals surface area contributed by atoms with E-state index in [4.69, 9.17) is 32.6 Å². The first-order valence-electron chi connectivity index (χ1n) is 51.6. The van der Waals surface area contributed by atoms with Crippen molar-refractivity contribution < 1.29 is 122 Å². The van der Waals surface area contributed by atoms with Crippen LogP contribution in [-0.2, 0) is 89.8 Å². The lowest BCUT2D eigenvalue weighted by atomic mass is 9.81. The number of fused-ring (bicyclic) bond motifs is 4. The first-order valence-corrected chi connectivity index (χ1v) is 52.4. The van der Waals surface area contributed by atoms with Crippen LogP contribution in [0.1, 0.15) is 240 Å². The van der Waals surface area contributed by atoms with Gasteiger partial charge in [-0.3, -0.25) is 24.2 Å². The summed E-state index contributed by atoms with van der Waals surface area (Å²) >= 11 is 1.40. The van der Waals surface area contributed by atoms with Gasteiger partial charge in [0.2, 0.25) is 53.0 Å². The van der Waals surface area contributed by atoms with E-state index in [9.17, 15) is 71.9 Å². The van der Waals surface area contributed by atoms with E-state index < -0.39 is 71.8 Å². The van der Waals surface area contributed by atoms with Crippen molar-refractivity contribution in [2.24, 2.45) is 0 Å². The van der Waals surface area contributed by atoms with E-state index in [1.54, 1.807) is 57.4 Å². The minimum Gasteiger partial charge on any atom is -0.466 e. The Hall–Kier alpha value is -10.8. The second-order valence-electron chi connectivity index (χ2n) is 40.7. The fourth-order valence-electron chi connectivity index (χ4n) is 19.6. The average Bonchev–Trinajstić information content (AvgIpc) is 1.67. The third-order valence-corrected chi connectivity index (χ3v) is 29.9. The molecule has 47 heteroatoms. The average molecular weight is 2150 g/mol. The van der Waals surface area contributed by atoms with Crippen LogP contribution >= 0.6 is 11.3 Å². The third kappa shape index (κ3) is 36.7. The lowest BCUT2D eigenvalue weighted by molar-refractivity contribution is -0.190. The number of rotatable bonds is 33. The Bertz CT molecular complexity index is 5270. The number of ether oxygens (including phenoxy) is 5. The molecule has 30 nitrogen and oxygen atoms in total. The quantitative estimate of drug-likeness (QED) is 0.0278. The largest absolute Gasteiger partial charge is 0.466 e. The summed E-state index contributed by atoms with van der Waals surface area (Å²) in [6, 6.07) is 12.8. The van der Waals surface area contributed by atoms with E-state index in [2.05, 4.69) is 96.1 Å². The van der Waals surface area contributed by atoms with Crippen LogP contribution in [0, 0.1) is 27.7 Å². The summed E-state index contributed by atoms with van der Waals surface area (Å²) in [5, 5.41) is 25.0. The molecule has 4 amide bonds. The van der Waals surface area contributed by atoms with Gasteiger partial charge in [-0.05, 0) is 218 Å². The number of oxazole rings is 1. The van der Waals surface area contributed by atoms with E-state index >= 15 is 17.6 Å². The summed E-state index contributed by atoms with van der Waals surface area (Å²) in [4.78, 5) is 91.2. The number of nitrogens with zero attached hydrogens (tertiary/aromatic N) is 15.